The Morgan fingerprint density at radius 1 is 0.597 bits per heavy atom. The van der Waals surface area contributed by atoms with Crippen LogP contribution in [0.4, 0.5) is 17.1 Å². The van der Waals surface area contributed by atoms with E-state index in [2.05, 4.69) is 16.0 Å². The zero-order valence-electron chi connectivity index (χ0n) is 69.0. The van der Waals surface area contributed by atoms with E-state index in [1.165, 1.54) is 51.1 Å². The molecule has 3 aliphatic heterocycles. The predicted octanol–water partition coefficient (Wildman–Crippen LogP) is 7.08. The molecule has 670 valence electrons. The molecular weight excluding hydrogens is 1700 g/mol. The third-order valence-corrected chi connectivity index (χ3v) is 27.1. The molecule has 4 atom stereocenters. The van der Waals surface area contributed by atoms with Crippen LogP contribution in [0.2, 0.25) is 0 Å². The highest BCUT2D eigenvalue weighted by Gasteiger charge is 2.48. The highest BCUT2D eigenvalue weighted by molar-refractivity contribution is 7.87. The van der Waals surface area contributed by atoms with Crippen LogP contribution in [0, 0.1) is 11.8 Å². The van der Waals surface area contributed by atoms with Crippen molar-refractivity contribution in [1.29, 1.82) is 0 Å². The molecule has 36 nitrogen and oxygen atoms in total. The number of nitrogens with one attached hydrogen (secondary N) is 3. The van der Waals surface area contributed by atoms with Crippen molar-refractivity contribution < 1.29 is 130 Å². The number of rotatable bonds is 42. The molecule has 0 unspecified atom stereocenters. The van der Waals surface area contributed by atoms with Crippen molar-refractivity contribution in [2.45, 2.75) is 192 Å². The van der Waals surface area contributed by atoms with Crippen LogP contribution in [-0.4, -0.2) is 256 Å². The maximum atomic E-state index is 14.6. The first kappa shape index (κ1) is 95.7. The van der Waals surface area contributed by atoms with Gasteiger partial charge >= 0.3 is 29.8 Å². The number of carboxylic acids is 5. The van der Waals surface area contributed by atoms with Crippen LogP contribution in [0.3, 0.4) is 0 Å². The Morgan fingerprint density at radius 3 is 1.72 bits per heavy atom. The van der Waals surface area contributed by atoms with Crippen LogP contribution in [-0.2, 0) is 106 Å². The number of anilines is 2. The Morgan fingerprint density at radius 2 is 1.15 bits per heavy atom. The van der Waals surface area contributed by atoms with Gasteiger partial charge in [0.25, 0.3) is 42.2 Å². The maximum absolute atomic E-state index is 14.6. The lowest BCUT2D eigenvalue weighted by molar-refractivity contribution is -0.438. The number of hydrogen-bond acceptors (Lipinski definition) is 23. The van der Waals surface area contributed by atoms with E-state index in [4.69, 9.17) is 0 Å². The molecule has 124 heavy (non-hydrogen) atoms. The van der Waals surface area contributed by atoms with Gasteiger partial charge in [0.1, 0.15) is 27.6 Å². The summed E-state index contributed by atoms with van der Waals surface area (Å²) in [5, 5.41) is 58.8. The Kier molecular flexibility index (Phi) is 30.7. The van der Waals surface area contributed by atoms with E-state index in [0.29, 0.717) is 135 Å². The number of benzene rings is 5. The second-order valence-electron chi connectivity index (χ2n) is 32.9. The smallest absolute Gasteiger partial charge is 0.317 e. The summed E-state index contributed by atoms with van der Waals surface area (Å²) in [6.45, 7) is 6.25. The van der Waals surface area contributed by atoms with Crippen molar-refractivity contribution in [3.8, 4) is 0 Å². The highest BCUT2D eigenvalue weighted by atomic mass is 32.2. The summed E-state index contributed by atoms with van der Waals surface area (Å²) in [5.74, 6) is -9.15. The highest BCUT2D eigenvalue weighted by Crippen LogP contribution is 2.52. The third-order valence-electron chi connectivity index (χ3n) is 23.7. The number of unbranched alkanes of at least 4 members (excludes halogenated alkanes) is 3. The van der Waals surface area contributed by atoms with Crippen molar-refractivity contribution in [2.24, 2.45) is 11.8 Å². The number of carbonyl (C=O) groups excluding carboxylic acids is 5. The lowest BCUT2D eigenvalue weighted by Crippen LogP contribution is -2.59. The van der Waals surface area contributed by atoms with E-state index >= 15 is 0 Å². The van der Waals surface area contributed by atoms with Gasteiger partial charge in [0.2, 0.25) is 23.4 Å². The first-order valence-corrected chi connectivity index (χ1v) is 46.3. The van der Waals surface area contributed by atoms with Crippen molar-refractivity contribution in [2.75, 3.05) is 75.7 Å². The molecular formula is C84H103N9O27S4. The number of hydrogen-bond donors (Lipinski definition) is 11. The Hall–Kier alpha value is -10.5. The average molecular weight is 1800 g/mol. The monoisotopic (exact) mass is 1800 g/mol. The van der Waals surface area contributed by atoms with Gasteiger partial charge in [-0.15, -0.1) is 0 Å². The molecule has 40 heteroatoms. The molecule has 5 aromatic rings. The number of likely N-dealkylation sites (N-methyl/N-ethyl adjacent to an activating group) is 1. The average Bonchev–Trinajstić information content (AvgIpc) is 1.56. The second-order valence-corrected chi connectivity index (χ2v) is 38.5. The van der Waals surface area contributed by atoms with Crippen LogP contribution in [0.15, 0.2) is 141 Å². The normalized spacial score (nSPS) is 19.4. The van der Waals surface area contributed by atoms with Gasteiger partial charge < -0.3 is 50.9 Å². The van der Waals surface area contributed by atoms with Gasteiger partial charge in [-0.05, 0) is 186 Å². The predicted molar refractivity (Wildman–Crippen MR) is 451 cm³/mol. The molecule has 0 bridgehead atoms. The number of amides is 5. The summed E-state index contributed by atoms with van der Waals surface area (Å²) in [5.41, 5.74) is 1.78. The molecule has 0 radical (unpaired) electrons. The van der Waals surface area contributed by atoms with Crippen molar-refractivity contribution in [3.63, 3.8) is 0 Å². The van der Waals surface area contributed by atoms with Crippen molar-refractivity contribution >= 4 is 144 Å². The fraction of sp³-hybridized carbons (Fsp3) is 0.464. The number of nitrogens with zero attached hydrogens (tertiary/aromatic N) is 6. The molecule has 2 fully saturated rings. The summed E-state index contributed by atoms with van der Waals surface area (Å²) in [4.78, 5) is 132. The van der Waals surface area contributed by atoms with Crippen LogP contribution >= 0.6 is 0 Å². The van der Waals surface area contributed by atoms with E-state index in [-0.39, 0.29) is 109 Å². The zero-order chi connectivity index (χ0) is 90.9. The van der Waals surface area contributed by atoms with Gasteiger partial charge in [-0.1, -0.05) is 63.1 Å². The fourth-order valence-electron chi connectivity index (χ4n) is 18.0. The minimum absolute atomic E-state index is 0.0349. The minimum Gasteiger partial charge on any atom is -0.744 e. The van der Waals surface area contributed by atoms with E-state index in [9.17, 15) is 125 Å². The summed E-state index contributed by atoms with van der Waals surface area (Å²) in [6.07, 6.45) is 16.7. The zero-order valence-corrected chi connectivity index (χ0v) is 72.2. The quantitative estimate of drug-likeness (QED) is 0.00611. The van der Waals surface area contributed by atoms with Gasteiger partial charge in [0.05, 0.1) is 52.8 Å². The maximum Gasteiger partial charge on any atom is 0.317 e. The summed E-state index contributed by atoms with van der Waals surface area (Å²) in [7, 11) is -20.5. The van der Waals surface area contributed by atoms with Crippen molar-refractivity contribution in [3.05, 3.63) is 138 Å². The van der Waals surface area contributed by atoms with Gasteiger partial charge in [0.15, 0.2) is 5.71 Å². The molecule has 3 heterocycles. The molecule has 0 aromatic heterocycles. The number of fused-ring (bicyclic) bond motifs is 6. The molecule has 2 saturated carbocycles. The van der Waals surface area contributed by atoms with Gasteiger partial charge in [-0.25, -0.2) is 8.42 Å². The van der Waals surface area contributed by atoms with Crippen LogP contribution in [0.25, 0.3) is 21.5 Å². The molecule has 0 spiro atoms. The van der Waals surface area contributed by atoms with Crippen LogP contribution in [0.5, 0.6) is 0 Å². The molecule has 5 aliphatic rings. The molecule has 2 aliphatic carbocycles. The Bertz CT molecular complexity index is 5630. The SMILES string of the molecule is CCN1/C(=C/C=C/C=C/C2=[N+](CCCCCC(=O)N[C@@H](CCCCNC(=O)C3CCC(CN4C(=O)C=CC4=O)CC3)C(=O)Nc3ccc(C[C@H](CN(CC(=O)O)[C@H]4CCCC[C@@H]4N(CC(=O)O)CC(=O)O)N(CC(=O)O)CC(=O)O)cc3)c3ccc4c(S(=O)(=O)O)cc(S(=O)(=O)O)cc4c3C2(C)C)C(C)(C)c2c1ccc1c(S(=O)(=O)[O-])cc(S(=O)(=O)O)cc21. The molecule has 5 aromatic carbocycles. The van der Waals surface area contributed by atoms with E-state index in [1.807, 2.05) is 30.2 Å². The number of carbonyl (C=O) groups is 10. The largest absolute Gasteiger partial charge is 0.744 e. The molecule has 10 rings (SSSR count). The minimum atomic E-state index is -5.27. The number of carboxylic acid groups (broad SMARTS) is 5. The van der Waals surface area contributed by atoms with Gasteiger partial charge in [-0.3, -0.25) is 81.2 Å². The van der Waals surface area contributed by atoms with Gasteiger partial charge in [-0.2, -0.15) is 29.8 Å². The topological polar surface area (TPSA) is 547 Å². The third kappa shape index (κ3) is 23.3. The lowest BCUT2D eigenvalue weighted by Gasteiger charge is -2.45. The Balaban J connectivity index is 0.881. The molecule has 0 saturated heterocycles. The van der Waals surface area contributed by atoms with E-state index in [1.54, 1.807) is 68.5 Å². The summed E-state index contributed by atoms with van der Waals surface area (Å²) < 4.78 is 147. The Labute approximate surface area is 717 Å². The van der Waals surface area contributed by atoms with Crippen molar-refractivity contribution in [1.82, 2.24) is 30.2 Å². The fourth-order valence-corrected chi connectivity index (χ4v) is 20.7. The summed E-state index contributed by atoms with van der Waals surface area (Å²) in [6, 6.07) is 12.0. The first-order valence-electron chi connectivity index (χ1n) is 40.6. The number of aliphatic carboxylic acids is 5. The molecule has 11 N–H and O–H groups in total. The van der Waals surface area contributed by atoms with E-state index < -0.39 is 169 Å². The lowest BCUT2D eigenvalue weighted by atomic mass is 9.79. The standard InChI is InChI=1S/C84H103N9O27S4/c1-6-91-65-33-31-58-60(40-56(121(109,110)111)42-67(58)123(115,116)117)79(65)83(2,3)69(91)20-9-7-10-21-70-84(4,5)80-61-41-57(122(112,113)114)43-68(124(118,119)120)59(61)32-34-66(80)92(70)38-16-8-11-22-71(94)87-62(17-14-15-37-85-81(107)53-27-23-52(24-28-53)44-93-72(95)35-36-73(93)96)82(108)86-54-29-25-51(26-30-54)39-55(88(46-74(97)98)47-75(99)100)45-89(48-76(101)102)63-18-12-13-19-64(63)90(49-77(103)104)50-78(105)106/h7,9-10,20-21,25-26,29-36,40-43,52-53,55,62-64H,6,8,11-19,22-24,27-28,37-39,44-50H2,1-5H3,(H11-,85,86,87,94,97,98,99,100,101,102,103,104,105,106,107,108,109,110,111,112,113,114,115,116,117,118,119,120)/t52?,53?,55-,62+,63+,64+/m1/s1. The van der Waals surface area contributed by atoms with E-state index in [0.717, 1.165) is 17.0 Å². The van der Waals surface area contributed by atoms with Crippen LogP contribution in [0.1, 0.15) is 148 Å². The summed E-state index contributed by atoms with van der Waals surface area (Å²) >= 11 is 0. The number of imide groups is 1. The van der Waals surface area contributed by atoms with Gasteiger partial charge in [0, 0.05) is 121 Å². The number of allylic oxidation sites excluding steroid dienone is 6. The second kappa shape index (κ2) is 39.8. The van der Waals surface area contributed by atoms with Crippen LogP contribution < -0.4 is 20.9 Å². The molecule has 5 amide bonds. The first-order chi connectivity index (χ1) is 58.2.